The second kappa shape index (κ2) is 7.91. The van der Waals surface area contributed by atoms with Gasteiger partial charge in [0.15, 0.2) is 0 Å². The van der Waals surface area contributed by atoms with E-state index >= 15 is 0 Å². The van der Waals surface area contributed by atoms with Crippen molar-refractivity contribution in [1.82, 2.24) is 9.80 Å². The first-order chi connectivity index (χ1) is 9.74. The largest absolute Gasteiger partial charge is 0.340 e. The standard InChI is InChI=1S/C15H26N2O2S/c1-20-12-5-3-2-4-9-16-11-8-14(18)17-10-6-7-13(17)15(16)19/h13H,2-12H2,1H3. The van der Waals surface area contributed by atoms with Crippen molar-refractivity contribution in [2.24, 2.45) is 0 Å². The molecular formula is C15H26N2O2S. The second-order valence-corrected chi connectivity index (χ2v) is 6.71. The zero-order chi connectivity index (χ0) is 14.4. The van der Waals surface area contributed by atoms with Crippen LogP contribution in [0.25, 0.3) is 0 Å². The Hall–Kier alpha value is -0.710. The van der Waals surface area contributed by atoms with Crippen molar-refractivity contribution >= 4 is 23.6 Å². The van der Waals surface area contributed by atoms with Crippen molar-refractivity contribution in [3.05, 3.63) is 0 Å². The highest BCUT2D eigenvalue weighted by Crippen LogP contribution is 2.23. The summed E-state index contributed by atoms with van der Waals surface area (Å²) in [7, 11) is 0. The molecule has 2 rings (SSSR count). The molecule has 4 nitrogen and oxygen atoms in total. The van der Waals surface area contributed by atoms with Crippen molar-refractivity contribution in [1.29, 1.82) is 0 Å². The van der Waals surface area contributed by atoms with Gasteiger partial charge in [0, 0.05) is 26.1 Å². The predicted molar refractivity (Wildman–Crippen MR) is 82.8 cm³/mol. The van der Waals surface area contributed by atoms with Crippen molar-refractivity contribution in [3.8, 4) is 0 Å². The summed E-state index contributed by atoms with van der Waals surface area (Å²) in [5, 5.41) is 0. The summed E-state index contributed by atoms with van der Waals surface area (Å²) in [4.78, 5) is 28.2. The highest BCUT2D eigenvalue weighted by molar-refractivity contribution is 7.98. The summed E-state index contributed by atoms with van der Waals surface area (Å²) in [5.74, 6) is 1.59. The maximum atomic E-state index is 12.5. The summed E-state index contributed by atoms with van der Waals surface area (Å²) in [6.45, 7) is 2.23. The predicted octanol–water partition coefficient (Wildman–Crippen LogP) is 2.13. The number of carbonyl (C=O) groups is 2. The van der Waals surface area contributed by atoms with E-state index < -0.39 is 0 Å². The molecule has 0 aromatic rings. The number of hydrogen-bond donors (Lipinski definition) is 0. The summed E-state index contributed by atoms with van der Waals surface area (Å²) < 4.78 is 0. The number of nitrogens with zero attached hydrogens (tertiary/aromatic N) is 2. The van der Waals surface area contributed by atoms with Crippen molar-refractivity contribution in [2.45, 2.75) is 51.0 Å². The Kier molecular flexibility index (Phi) is 6.20. The molecule has 0 radical (unpaired) electrons. The molecule has 0 bridgehead atoms. The van der Waals surface area contributed by atoms with Crippen LogP contribution in [0, 0.1) is 0 Å². The van der Waals surface area contributed by atoms with E-state index in [0.29, 0.717) is 13.0 Å². The first-order valence-electron chi connectivity index (χ1n) is 7.81. The van der Waals surface area contributed by atoms with E-state index in [2.05, 4.69) is 6.26 Å². The summed E-state index contributed by atoms with van der Waals surface area (Å²) >= 11 is 1.89. The van der Waals surface area contributed by atoms with Crippen LogP contribution >= 0.6 is 11.8 Å². The van der Waals surface area contributed by atoms with Gasteiger partial charge in [0.05, 0.1) is 0 Å². The number of rotatable bonds is 7. The van der Waals surface area contributed by atoms with E-state index in [1.54, 1.807) is 4.90 Å². The third kappa shape index (κ3) is 3.90. The number of hydrogen-bond acceptors (Lipinski definition) is 3. The van der Waals surface area contributed by atoms with E-state index in [1.807, 2.05) is 16.7 Å². The quantitative estimate of drug-likeness (QED) is 0.676. The summed E-state index contributed by atoms with van der Waals surface area (Å²) in [5.41, 5.74) is 0. The minimum Gasteiger partial charge on any atom is -0.340 e. The van der Waals surface area contributed by atoms with Crippen LogP contribution in [0.5, 0.6) is 0 Å². The van der Waals surface area contributed by atoms with E-state index in [9.17, 15) is 9.59 Å². The normalized spacial score (nSPS) is 23.1. The van der Waals surface area contributed by atoms with Gasteiger partial charge in [-0.05, 0) is 37.7 Å². The minimum absolute atomic E-state index is 0.151. The Morgan fingerprint density at radius 1 is 1.15 bits per heavy atom. The zero-order valence-corrected chi connectivity index (χ0v) is 13.3. The van der Waals surface area contributed by atoms with Gasteiger partial charge in [-0.2, -0.15) is 11.8 Å². The van der Waals surface area contributed by atoms with Gasteiger partial charge in [-0.15, -0.1) is 0 Å². The molecule has 2 aliphatic heterocycles. The van der Waals surface area contributed by atoms with Crippen molar-refractivity contribution < 1.29 is 9.59 Å². The Bertz CT molecular complexity index is 349. The van der Waals surface area contributed by atoms with Gasteiger partial charge in [0.2, 0.25) is 11.8 Å². The number of amides is 2. The first kappa shape index (κ1) is 15.7. The molecule has 0 aromatic heterocycles. The lowest BCUT2D eigenvalue weighted by molar-refractivity contribution is -0.139. The average molecular weight is 298 g/mol. The minimum atomic E-state index is -0.151. The molecule has 0 spiro atoms. The second-order valence-electron chi connectivity index (χ2n) is 5.73. The lowest BCUT2D eigenvalue weighted by Crippen LogP contribution is -2.43. The fourth-order valence-corrected chi connectivity index (χ4v) is 3.63. The lowest BCUT2D eigenvalue weighted by atomic mass is 10.1. The maximum absolute atomic E-state index is 12.5. The molecule has 2 fully saturated rings. The van der Waals surface area contributed by atoms with Crippen LogP contribution < -0.4 is 0 Å². The van der Waals surface area contributed by atoms with Gasteiger partial charge in [0.1, 0.15) is 6.04 Å². The van der Waals surface area contributed by atoms with Gasteiger partial charge < -0.3 is 9.80 Å². The molecule has 20 heavy (non-hydrogen) atoms. The summed E-state index contributed by atoms with van der Waals surface area (Å²) in [6, 6.07) is -0.151. The highest BCUT2D eigenvalue weighted by atomic mass is 32.2. The molecule has 0 aromatic carbocycles. The fourth-order valence-electron chi connectivity index (χ4n) is 3.14. The van der Waals surface area contributed by atoms with Crippen LogP contribution in [0.2, 0.25) is 0 Å². The number of fused-ring (bicyclic) bond motifs is 1. The van der Waals surface area contributed by atoms with Gasteiger partial charge in [0.25, 0.3) is 0 Å². The molecule has 114 valence electrons. The Morgan fingerprint density at radius 2 is 1.95 bits per heavy atom. The number of unbranched alkanes of at least 4 members (excludes halogenated alkanes) is 3. The van der Waals surface area contributed by atoms with Crippen LogP contribution in [-0.2, 0) is 9.59 Å². The highest BCUT2D eigenvalue weighted by Gasteiger charge is 2.38. The van der Waals surface area contributed by atoms with E-state index in [-0.39, 0.29) is 17.9 Å². The molecule has 0 N–H and O–H groups in total. The molecule has 2 amide bonds. The monoisotopic (exact) mass is 298 g/mol. The van der Waals surface area contributed by atoms with Gasteiger partial charge in [-0.3, -0.25) is 9.59 Å². The molecule has 2 saturated heterocycles. The van der Waals surface area contributed by atoms with Crippen LogP contribution in [0.1, 0.15) is 44.9 Å². The third-order valence-electron chi connectivity index (χ3n) is 4.29. The first-order valence-corrected chi connectivity index (χ1v) is 9.20. The van der Waals surface area contributed by atoms with Crippen molar-refractivity contribution in [3.63, 3.8) is 0 Å². The number of thioether (sulfide) groups is 1. The van der Waals surface area contributed by atoms with Crippen LogP contribution in [0.4, 0.5) is 0 Å². The molecule has 1 atom stereocenters. The van der Waals surface area contributed by atoms with E-state index in [1.165, 1.54) is 25.0 Å². The molecule has 2 aliphatic rings. The number of carbonyl (C=O) groups excluding carboxylic acids is 2. The maximum Gasteiger partial charge on any atom is 0.245 e. The zero-order valence-electron chi connectivity index (χ0n) is 12.5. The smallest absolute Gasteiger partial charge is 0.245 e. The van der Waals surface area contributed by atoms with Crippen LogP contribution in [0.15, 0.2) is 0 Å². The van der Waals surface area contributed by atoms with E-state index in [0.717, 1.165) is 32.4 Å². The molecule has 0 aliphatic carbocycles. The van der Waals surface area contributed by atoms with Crippen molar-refractivity contribution in [2.75, 3.05) is 31.6 Å². The molecule has 5 heteroatoms. The topological polar surface area (TPSA) is 40.6 Å². The molecule has 1 unspecified atom stereocenters. The fraction of sp³-hybridized carbons (Fsp3) is 0.867. The molecular weight excluding hydrogens is 272 g/mol. The average Bonchev–Trinajstić information content (AvgIpc) is 2.90. The van der Waals surface area contributed by atoms with Gasteiger partial charge >= 0.3 is 0 Å². The third-order valence-corrected chi connectivity index (χ3v) is 4.99. The Labute approximate surface area is 126 Å². The van der Waals surface area contributed by atoms with Gasteiger partial charge in [-0.1, -0.05) is 12.8 Å². The Balaban J connectivity index is 1.76. The SMILES string of the molecule is CSCCCCCCN1CCC(=O)N2CCCC2C1=O. The molecule has 0 saturated carbocycles. The molecule has 2 heterocycles. The van der Waals surface area contributed by atoms with E-state index in [4.69, 9.17) is 0 Å². The van der Waals surface area contributed by atoms with Crippen LogP contribution in [-0.4, -0.2) is 59.3 Å². The van der Waals surface area contributed by atoms with Gasteiger partial charge in [-0.25, -0.2) is 0 Å². The van der Waals surface area contributed by atoms with Crippen LogP contribution in [0.3, 0.4) is 0 Å². The Morgan fingerprint density at radius 3 is 2.75 bits per heavy atom. The lowest BCUT2D eigenvalue weighted by Gasteiger charge is -2.25. The summed E-state index contributed by atoms with van der Waals surface area (Å²) in [6.07, 6.45) is 9.25.